The normalized spacial score (nSPS) is 33.5. The summed E-state index contributed by atoms with van der Waals surface area (Å²) in [7, 11) is 0. The maximum absolute atomic E-state index is 9.04. The molecule has 56 valence electrons. The molecule has 1 aliphatic heterocycles. The molecule has 4 heteroatoms. The van der Waals surface area contributed by atoms with Crippen molar-refractivity contribution in [3.05, 3.63) is 0 Å². The number of likely N-dealkylation sites (tertiary alicyclic amines) is 1. The molecule has 1 saturated heterocycles. The lowest BCUT2D eigenvalue weighted by Crippen LogP contribution is -2.44. The highest BCUT2D eigenvalue weighted by molar-refractivity contribution is 4.85. The standard InChI is InChI=1S/C6H10N2O2/c7-4-8-2-1-5(9)6(10)3-8/h5-6,9-10H,1-3H2. The molecule has 0 bridgehead atoms. The third-order valence-corrected chi connectivity index (χ3v) is 1.69. The van der Waals surface area contributed by atoms with Gasteiger partial charge in [0.1, 0.15) is 0 Å². The molecule has 2 N–H and O–H groups in total. The van der Waals surface area contributed by atoms with Crippen LogP contribution in [-0.2, 0) is 0 Å². The predicted octanol–water partition coefficient (Wildman–Crippen LogP) is -1.11. The maximum atomic E-state index is 9.04. The minimum absolute atomic E-state index is 0.262. The van der Waals surface area contributed by atoms with Gasteiger partial charge >= 0.3 is 0 Å². The summed E-state index contributed by atoms with van der Waals surface area (Å²) in [5, 5.41) is 26.4. The molecule has 0 aromatic rings. The molecule has 0 radical (unpaired) electrons. The first-order valence-electron chi connectivity index (χ1n) is 3.25. The van der Waals surface area contributed by atoms with Crippen molar-refractivity contribution in [2.75, 3.05) is 13.1 Å². The molecule has 10 heavy (non-hydrogen) atoms. The molecular formula is C6H10N2O2. The van der Waals surface area contributed by atoms with Gasteiger partial charge in [-0.15, -0.1) is 0 Å². The van der Waals surface area contributed by atoms with Gasteiger partial charge in [-0.3, -0.25) is 0 Å². The highest BCUT2D eigenvalue weighted by atomic mass is 16.3. The molecule has 4 nitrogen and oxygen atoms in total. The lowest BCUT2D eigenvalue weighted by atomic mass is 10.1. The van der Waals surface area contributed by atoms with Crippen LogP contribution >= 0.6 is 0 Å². The minimum Gasteiger partial charge on any atom is -0.390 e. The number of hydrogen-bond acceptors (Lipinski definition) is 4. The molecule has 0 amide bonds. The predicted molar refractivity (Wildman–Crippen MR) is 33.8 cm³/mol. The molecule has 1 heterocycles. The molecule has 0 aliphatic carbocycles. The van der Waals surface area contributed by atoms with E-state index in [1.807, 2.05) is 6.19 Å². The first-order chi connectivity index (χ1) is 4.74. The summed E-state index contributed by atoms with van der Waals surface area (Å²) in [5.41, 5.74) is 0. The quantitative estimate of drug-likeness (QED) is 0.421. The minimum atomic E-state index is -0.756. The number of piperidine rings is 1. The Balaban J connectivity index is 2.42. The summed E-state index contributed by atoms with van der Waals surface area (Å²) < 4.78 is 0. The second-order valence-electron chi connectivity index (χ2n) is 2.47. The molecule has 1 fully saturated rings. The summed E-state index contributed by atoms with van der Waals surface area (Å²) in [5.74, 6) is 0. The zero-order chi connectivity index (χ0) is 7.56. The second kappa shape index (κ2) is 2.86. The average molecular weight is 142 g/mol. The van der Waals surface area contributed by atoms with Crippen molar-refractivity contribution in [2.45, 2.75) is 18.6 Å². The molecule has 1 rings (SSSR count). The van der Waals surface area contributed by atoms with Crippen molar-refractivity contribution in [2.24, 2.45) is 0 Å². The van der Waals surface area contributed by atoms with E-state index in [4.69, 9.17) is 15.5 Å². The lowest BCUT2D eigenvalue weighted by molar-refractivity contribution is -0.0250. The summed E-state index contributed by atoms with van der Waals surface area (Å²) >= 11 is 0. The van der Waals surface area contributed by atoms with Crippen LogP contribution in [0, 0.1) is 11.5 Å². The van der Waals surface area contributed by atoms with Gasteiger partial charge in [-0.1, -0.05) is 0 Å². The molecule has 0 saturated carbocycles. The number of rotatable bonds is 0. The third kappa shape index (κ3) is 1.38. The Hall–Kier alpha value is -0.790. The number of nitrogens with zero attached hydrogens (tertiary/aromatic N) is 2. The second-order valence-corrected chi connectivity index (χ2v) is 2.47. The van der Waals surface area contributed by atoms with Crippen LogP contribution < -0.4 is 0 Å². The van der Waals surface area contributed by atoms with Crippen LogP contribution in [0.15, 0.2) is 0 Å². The van der Waals surface area contributed by atoms with Crippen molar-refractivity contribution in [3.63, 3.8) is 0 Å². The summed E-state index contributed by atoms with van der Waals surface area (Å²) in [4.78, 5) is 1.44. The molecule has 0 aromatic carbocycles. The van der Waals surface area contributed by atoms with Gasteiger partial charge in [-0.25, -0.2) is 0 Å². The van der Waals surface area contributed by atoms with Crippen LogP contribution in [0.2, 0.25) is 0 Å². The van der Waals surface area contributed by atoms with Crippen molar-refractivity contribution in [3.8, 4) is 6.19 Å². The fraction of sp³-hybridized carbons (Fsp3) is 0.833. The first kappa shape index (κ1) is 7.32. The van der Waals surface area contributed by atoms with Gasteiger partial charge in [0.15, 0.2) is 6.19 Å². The van der Waals surface area contributed by atoms with Gasteiger partial charge in [0, 0.05) is 6.54 Å². The van der Waals surface area contributed by atoms with Gasteiger partial charge in [-0.2, -0.15) is 5.26 Å². The lowest BCUT2D eigenvalue weighted by Gasteiger charge is -2.29. The highest BCUT2D eigenvalue weighted by Crippen LogP contribution is 2.08. The third-order valence-electron chi connectivity index (χ3n) is 1.69. The summed E-state index contributed by atoms with van der Waals surface area (Å²) in [6, 6.07) is 0. The Bertz CT molecular complexity index is 154. The van der Waals surface area contributed by atoms with E-state index in [-0.39, 0.29) is 6.54 Å². The molecular weight excluding hydrogens is 132 g/mol. The van der Waals surface area contributed by atoms with E-state index in [1.165, 1.54) is 4.90 Å². The maximum Gasteiger partial charge on any atom is 0.179 e. The molecule has 1 aliphatic rings. The molecule has 0 aromatic heterocycles. The van der Waals surface area contributed by atoms with Crippen molar-refractivity contribution < 1.29 is 10.2 Å². The zero-order valence-corrected chi connectivity index (χ0v) is 5.56. The van der Waals surface area contributed by atoms with Gasteiger partial charge in [0.05, 0.1) is 18.8 Å². The Morgan fingerprint density at radius 2 is 2.10 bits per heavy atom. The fourth-order valence-corrected chi connectivity index (χ4v) is 1.01. The Morgan fingerprint density at radius 1 is 1.40 bits per heavy atom. The van der Waals surface area contributed by atoms with Gasteiger partial charge in [0.25, 0.3) is 0 Å². The van der Waals surface area contributed by atoms with Crippen molar-refractivity contribution in [1.29, 1.82) is 5.26 Å². The largest absolute Gasteiger partial charge is 0.390 e. The Kier molecular flexibility index (Phi) is 2.10. The Morgan fingerprint density at radius 3 is 2.60 bits per heavy atom. The Labute approximate surface area is 59.3 Å². The molecule has 2 atom stereocenters. The van der Waals surface area contributed by atoms with Gasteiger partial charge in [-0.05, 0) is 6.42 Å². The van der Waals surface area contributed by atoms with Crippen LogP contribution in [-0.4, -0.2) is 40.4 Å². The average Bonchev–Trinajstić information content (AvgIpc) is 1.95. The van der Waals surface area contributed by atoms with Crippen LogP contribution in [0.25, 0.3) is 0 Å². The van der Waals surface area contributed by atoms with E-state index >= 15 is 0 Å². The molecule has 2 unspecified atom stereocenters. The first-order valence-corrected chi connectivity index (χ1v) is 3.25. The number of hydrogen-bond donors (Lipinski definition) is 2. The monoisotopic (exact) mass is 142 g/mol. The van der Waals surface area contributed by atoms with Crippen molar-refractivity contribution >= 4 is 0 Å². The van der Waals surface area contributed by atoms with Gasteiger partial charge < -0.3 is 15.1 Å². The zero-order valence-electron chi connectivity index (χ0n) is 5.56. The number of nitriles is 1. The van der Waals surface area contributed by atoms with Crippen LogP contribution in [0.4, 0.5) is 0 Å². The van der Waals surface area contributed by atoms with E-state index in [2.05, 4.69) is 0 Å². The number of aliphatic hydroxyl groups excluding tert-OH is 2. The topological polar surface area (TPSA) is 67.5 Å². The summed E-state index contributed by atoms with van der Waals surface area (Å²) in [6.07, 6.45) is 0.993. The van der Waals surface area contributed by atoms with Crippen LogP contribution in [0.3, 0.4) is 0 Å². The summed E-state index contributed by atoms with van der Waals surface area (Å²) in [6.45, 7) is 0.812. The molecule has 0 spiro atoms. The number of aliphatic hydroxyl groups is 2. The van der Waals surface area contributed by atoms with E-state index in [9.17, 15) is 0 Å². The number of β-amino-alcohol motifs (C(OH)–C–C–N with tert-alkyl or cyclic N) is 1. The van der Waals surface area contributed by atoms with E-state index in [1.54, 1.807) is 0 Å². The van der Waals surface area contributed by atoms with E-state index < -0.39 is 12.2 Å². The van der Waals surface area contributed by atoms with Crippen LogP contribution in [0.1, 0.15) is 6.42 Å². The SMILES string of the molecule is N#CN1CCC(O)C(O)C1. The van der Waals surface area contributed by atoms with E-state index in [0.29, 0.717) is 13.0 Å². The fourth-order valence-electron chi connectivity index (χ4n) is 1.01. The van der Waals surface area contributed by atoms with Crippen LogP contribution in [0.5, 0.6) is 0 Å². The van der Waals surface area contributed by atoms with Crippen molar-refractivity contribution in [1.82, 2.24) is 4.90 Å². The highest BCUT2D eigenvalue weighted by Gasteiger charge is 2.24. The smallest absolute Gasteiger partial charge is 0.179 e. The van der Waals surface area contributed by atoms with E-state index in [0.717, 1.165) is 0 Å². The van der Waals surface area contributed by atoms with Gasteiger partial charge in [0.2, 0.25) is 0 Å².